The molecule has 1 aliphatic rings. The largest absolute Gasteiger partial charge is 0.327 e. The smallest absolute Gasteiger partial charge is 0.185 e. The van der Waals surface area contributed by atoms with Gasteiger partial charge in [0.05, 0.1) is 0 Å². The predicted molar refractivity (Wildman–Crippen MR) is 63.8 cm³/mol. The fourth-order valence-corrected chi connectivity index (χ4v) is 1.89. The molecule has 86 valence electrons. The first kappa shape index (κ1) is 11.0. The van der Waals surface area contributed by atoms with E-state index in [-0.39, 0.29) is 6.04 Å². The fourth-order valence-electron chi connectivity index (χ4n) is 1.89. The van der Waals surface area contributed by atoms with Gasteiger partial charge < -0.3 is 5.73 Å². The summed E-state index contributed by atoms with van der Waals surface area (Å²) >= 11 is 0. The number of fused-ring (bicyclic) bond motifs is 1. The Hall–Kier alpha value is -1.48. The van der Waals surface area contributed by atoms with Crippen LogP contribution >= 0.6 is 0 Å². The normalized spacial score (nSPS) is 14.9. The van der Waals surface area contributed by atoms with Crippen molar-refractivity contribution in [2.24, 2.45) is 5.73 Å². The van der Waals surface area contributed by atoms with E-state index in [0.29, 0.717) is 0 Å². The van der Waals surface area contributed by atoms with Crippen LogP contribution in [0, 0.1) is 0 Å². The third-order valence-corrected chi connectivity index (χ3v) is 2.67. The lowest BCUT2D eigenvalue weighted by Gasteiger charge is -2.14. The molecular formula is C13H17NO2. The molecule has 0 saturated carbocycles. The van der Waals surface area contributed by atoms with Crippen LogP contribution in [0.2, 0.25) is 0 Å². The van der Waals surface area contributed by atoms with Crippen molar-refractivity contribution in [3.05, 3.63) is 35.6 Å². The summed E-state index contributed by atoms with van der Waals surface area (Å²) in [6.07, 6.45) is 6.54. The Labute approximate surface area is 95.8 Å². The lowest BCUT2D eigenvalue weighted by Crippen LogP contribution is -2.22. The van der Waals surface area contributed by atoms with Crippen molar-refractivity contribution < 1.29 is 9.78 Å². The third kappa shape index (κ3) is 2.55. The maximum absolute atomic E-state index is 6.02. The minimum atomic E-state index is 0.243. The van der Waals surface area contributed by atoms with Gasteiger partial charge in [0.1, 0.15) is 6.26 Å². The molecule has 0 amide bonds. The van der Waals surface area contributed by atoms with Gasteiger partial charge in [-0.05, 0) is 36.6 Å². The minimum Gasteiger partial charge on any atom is -0.327 e. The summed E-state index contributed by atoms with van der Waals surface area (Å²) in [5, 5.41) is 0. The van der Waals surface area contributed by atoms with Crippen molar-refractivity contribution in [2.45, 2.75) is 32.2 Å². The molecule has 1 aliphatic heterocycles. The standard InChI is InChI=1S/C13H17NO2/c1-2-3-12(14)9-10-4-5-13-11(8-10)6-7-15-16-13/h4-8,12H,2-3,9,14H2,1H3. The van der Waals surface area contributed by atoms with Crippen molar-refractivity contribution in [2.75, 3.05) is 0 Å². The summed E-state index contributed by atoms with van der Waals surface area (Å²) in [5.74, 6) is 0.760. The number of nitrogens with two attached hydrogens (primary N) is 1. The fraction of sp³-hybridized carbons (Fsp3) is 0.385. The van der Waals surface area contributed by atoms with Gasteiger partial charge in [-0.25, -0.2) is 0 Å². The van der Waals surface area contributed by atoms with Crippen molar-refractivity contribution in [1.29, 1.82) is 0 Å². The van der Waals surface area contributed by atoms with Crippen LogP contribution < -0.4 is 10.6 Å². The highest BCUT2D eigenvalue weighted by molar-refractivity contribution is 5.58. The summed E-state index contributed by atoms with van der Waals surface area (Å²) in [4.78, 5) is 9.76. The molecule has 0 fully saturated rings. The van der Waals surface area contributed by atoms with Gasteiger partial charge in [0.25, 0.3) is 0 Å². The minimum absolute atomic E-state index is 0.243. The van der Waals surface area contributed by atoms with Gasteiger partial charge in [-0.2, -0.15) is 0 Å². The average Bonchev–Trinajstić information content (AvgIpc) is 2.29. The summed E-state index contributed by atoms with van der Waals surface area (Å²) in [7, 11) is 0. The SMILES string of the molecule is CCCC(N)Cc1ccc2c(c1)C=COO2. The van der Waals surface area contributed by atoms with E-state index in [1.54, 1.807) is 0 Å². The van der Waals surface area contributed by atoms with Gasteiger partial charge in [0, 0.05) is 11.6 Å². The third-order valence-electron chi connectivity index (χ3n) is 2.67. The van der Waals surface area contributed by atoms with Crippen LogP contribution in [0.1, 0.15) is 30.9 Å². The Morgan fingerprint density at radius 1 is 1.38 bits per heavy atom. The van der Waals surface area contributed by atoms with Crippen molar-refractivity contribution in [3.8, 4) is 5.75 Å². The van der Waals surface area contributed by atoms with Crippen LogP contribution in [-0.2, 0) is 11.3 Å². The van der Waals surface area contributed by atoms with E-state index in [4.69, 9.17) is 15.5 Å². The molecule has 0 spiro atoms. The highest BCUT2D eigenvalue weighted by atomic mass is 17.2. The lowest BCUT2D eigenvalue weighted by molar-refractivity contribution is -0.151. The van der Waals surface area contributed by atoms with E-state index in [9.17, 15) is 0 Å². The second-order valence-corrected chi connectivity index (χ2v) is 4.11. The van der Waals surface area contributed by atoms with Crippen molar-refractivity contribution in [3.63, 3.8) is 0 Å². The van der Waals surface area contributed by atoms with Crippen molar-refractivity contribution in [1.82, 2.24) is 0 Å². The molecule has 3 nitrogen and oxygen atoms in total. The Morgan fingerprint density at radius 2 is 2.25 bits per heavy atom. The van der Waals surface area contributed by atoms with Gasteiger partial charge in [-0.3, -0.25) is 9.78 Å². The molecule has 1 unspecified atom stereocenters. The van der Waals surface area contributed by atoms with Crippen LogP contribution in [0.5, 0.6) is 5.75 Å². The molecule has 3 heteroatoms. The molecule has 0 radical (unpaired) electrons. The van der Waals surface area contributed by atoms with Crippen LogP contribution in [0.3, 0.4) is 0 Å². The molecule has 0 aromatic heterocycles. The zero-order valence-electron chi connectivity index (χ0n) is 9.48. The average molecular weight is 219 g/mol. The first-order valence-electron chi connectivity index (χ1n) is 5.68. The molecule has 2 rings (SSSR count). The van der Waals surface area contributed by atoms with Crippen LogP contribution in [0.25, 0.3) is 6.08 Å². The maximum atomic E-state index is 6.02. The molecule has 1 atom stereocenters. The monoisotopic (exact) mass is 219 g/mol. The van der Waals surface area contributed by atoms with Gasteiger partial charge in [0.15, 0.2) is 5.75 Å². The van der Waals surface area contributed by atoms with E-state index >= 15 is 0 Å². The molecule has 1 aromatic carbocycles. The summed E-state index contributed by atoms with van der Waals surface area (Å²) in [6.45, 7) is 2.15. The second kappa shape index (κ2) is 5.03. The molecule has 1 heterocycles. The van der Waals surface area contributed by atoms with Gasteiger partial charge in [-0.1, -0.05) is 19.4 Å². The zero-order chi connectivity index (χ0) is 11.4. The van der Waals surface area contributed by atoms with Gasteiger partial charge in [0.2, 0.25) is 0 Å². The predicted octanol–water partition coefficient (Wildman–Crippen LogP) is 2.65. The molecule has 0 saturated heterocycles. The van der Waals surface area contributed by atoms with E-state index in [1.807, 2.05) is 18.2 Å². The number of rotatable bonds is 4. The van der Waals surface area contributed by atoms with Gasteiger partial charge in [-0.15, -0.1) is 0 Å². The van der Waals surface area contributed by atoms with E-state index < -0.39 is 0 Å². The number of hydrogen-bond acceptors (Lipinski definition) is 3. The van der Waals surface area contributed by atoms with E-state index in [1.165, 1.54) is 11.8 Å². The quantitative estimate of drug-likeness (QED) is 0.792. The topological polar surface area (TPSA) is 44.5 Å². The zero-order valence-corrected chi connectivity index (χ0v) is 9.48. The highest BCUT2D eigenvalue weighted by Crippen LogP contribution is 2.25. The highest BCUT2D eigenvalue weighted by Gasteiger charge is 2.09. The van der Waals surface area contributed by atoms with Crippen LogP contribution in [0.15, 0.2) is 24.5 Å². The number of hydrogen-bond donors (Lipinski definition) is 1. The van der Waals surface area contributed by atoms with Crippen LogP contribution in [0.4, 0.5) is 0 Å². The maximum Gasteiger partial charge on any atom is 0.185 e. The molecule has 0 bridgehead atoms. The Kier molecular flexibility index (Phi) is 3.47. The molecule has 0 aliphatic carbocycles. The van der Waals surface area contributed by atoms with E-state index in [0.717, 1.165) is 30.6 Å². The first-order chi connectivity index (χ1) is 7.79. The van der Waals surface area contributed by atoms with Crippen molar-refractivity contribution >= 4 is 6.08 Å². The molecule has 1 aromatic rings. The Morgan fingerprint density at radius 3 is 3.06 bits per heavy atom. The molecular weight excluding hydrogens is 202 g/mol. The Balaban J connectivity index is 2.09. The van der Waals surface area contributed by atoms with Gasteiger partial charge >= 0.3 is 0 Å². The lowest BCUT2D eigenvalue weighted by atomic mass is 10.0. The molecule has 16 heavy (non-hydrogen) atoms. The van der Waals surface area contributed by atoms with E-state index in [2.05, 4.69) is 13.0 Å². The summed E-state index contributed by atoms with van der Waals surface area (Å²) < 4.78 is 0. The second-order valence-electron chi connectivity index (χ2n) is 4.11. The number of benzene rings is 1. The summed E-state index contributed by atoms with van der Waals surface area (Å²) in [6, 6.07) is 6.31. The molecule has 2 N–H and O–H groups in total. The summed E-state index contributed by atoms with van der Waals surface area (Å²) in [5.41, 5.74) is 8.31. The van der Waals surface area contributed by atoms with Crippen LogP contribution in [-0.4, -0.2) is 6.04 Å². The first-order valence-corrected chi connectivity index (χ1v) is 5.68. The Bertz CT molecular complexity index is 388.